The molecule has 1 heterocycles. The summed E-state index contributed by atoms with van der Waals surface area (Å²) in [5.74, 6) is 0.567. The van der Waals surface area contributed by atoms with Gasteiger partial charge in [0.05, 0.1) is 51.0 Å². The third-order valence-electron chi connectivity index (χ3n) is 7.13. The smallest absolute Gasteiger partial charge is 0.336 e. The molecule has 0 N–H and O–H groups in total. The van der Waals surface area contributed by atoms with Crippen molar-refractivity contribution >= 4 is 33.4 Å². The molecule has 2 aromatic carbocycles. The van der Waals surface area contributed by atoms with Gasteiger partial charge in [-0.05, 0) is 77.5 Å². The summed E-state index contributed by atoms with van der Waals surface area (Å²) in [6.45, 7) is 4.10. The lowest BCUT2D eigenvalue weighted by atomic mass is 9.66. The molecule has 9 heteroatoms. The van der Waals surface area contributed by atoms with Crippen LogP contribution in [0.2, 0.25) is 0 Å². The number of benzene rings is 2. The highest BCUT2D eigenvalue weighted by atomic mass is 79.9. The van der Waals surface area contributed by atoms with E-state index in [-0.39, 0.29) is 11.7 Å². The summed E-state index contributed by atoms with van der Waals surface area (Å²) in [4.78, 5) is 31.7. The summed E-state index contributed by atoms with van der Waals surface area (Å²) in [6.07, 6.45) is 0.878. The zero-order valence-electron chi connectivity index (χ0n) is 22.4. The summed E-state index contributed by atoms with van der Waals surface area (Å²) in [6, 6.07) is 9.43. The lowest BCUT2D eigenvalue weighted by Gasteiger charge is -2.38. The second-order valence-electron chi connectivity index (χ2n) is 9.20. The normalized spacial score (nSPS) is 20.9. The van der Waals surface area contributed by atoms with Crippen molar-refractivity contribution in [2.24, 2.45) is 10.9 Å². The first-order valence-electron chi connectivity index (χ1n) is 12.4. The van der Waals surface area contributed by atoms with Gasteiger partial charge in [-0.1, -0.05) is 6.07 Å². The number of ketones is 1. The Balaban J connectivity index is 1.81. The average molecular weight is 586 g/mol. The summed E-state index contributed by atoms with van der Waals surface area (Å²) >= 11 is 3.58. The van der Waals surface area contributed by atoms with Gasteiger partial charge in [0.25, 0.3) is 0 Å². The molecule has 0 bridgehead atoms. The predicted molar refractivity (Wildman–Crippen MR) is 147 cm³/mol. The van der Waals surface area contributed by atoms with E-state index in [9.17, 15) is 9.59 Å². The second-order valence-corrected chi connectivity index (χ2v) is 10.1. The molecular weight excluding hydrogens is 554 g/mol. The standard InChI is InChI=1S/C29H32BrNO7/c1-7-38-24-14-18(10-19(30)28(24)36-5)26-25(29(33)37-6)15(2)31-20-11-17(12-21(32)27(20)26)16-8-9-22(34-3)23(13-16)35-4/h8-10,13-14,17,26-27H,7,11-12H2,1-6H3/t17-,26-,27?/m1/s1. The van der Waals surface area contributed by atoms with Gasteiger partial charge in [-0.15, -0.1) is 0 Å². The Morgan fingerprint density at radius 2 is 1.66 bits per heavy atom. The zero-order valence-corrected chi connectivity index (χ0v) is 24.0. The lowest BCUT2D eigenvalue weighted by Crippen LogP contribution is -2.41. The number of nitrogens with zero attached hydrogens (tertiary/aromatic N) is 1. The number of hydrogen-bond donors (Lipinski definition) is 0. The maximum atomic E-state index is 13.9. The number of carbonyl (C=O) groups excluding carboxylic acids is 2. The summed E-state index contributed by atoms with van der Waals surface area (Å²) in [5, 5.41) is 0. The summed E-state index contributed by atoms with van der Waals surface area (Å²) in [5.41, 5.74) is 3.38. The van der Waals surface area contributed by atoms with Gasteiger partial charge >= 0.3 is 5.97 Å². The number of hydrogen-bond acceptors (Lipinski definition) is 8. The van der Waals surface area contributed by atoms with Gasteiger partial charge in [0.2, 0.25) is 0 Å². The first kappa shape index (κ1) is 27.7. The second kappa shape index (κ2) is 11.6. The van der Waals surface area contributed by atoms with Crippen molar-refractivity contribution in [1.82, 2.24) is 0 Å². The van der Waals surface area contributed by atoms with Gasteiger partial charge in [-0.2, -0.15) is 0 Å². The van der Waals surface area contributed by atoms with Gasteiger partial charge in [-0.25, -0.2) is 4.79 Å². The van der Waals surface area contributed by atoms with E-state index in [0.717, 1.165) is 16.8 Å². The first-order valence-corrected chi connectivity index (χ1v) is 13.2. The van der Waals surface area contributed by atoms with Crippen LogP contribution >= 0.6 is 15.9 Å². The minimum absolute atomic E-state index is 0.0126. The molecule has 38 heavy (non-hydrogen) atoms. The number of fused-ring (bicyclic) bond motifs is 1. The van der Waals surface area contributed by atoms with Crippen LogP contribution in [0.1, 0.15) is 49.7 Å². The van der Waals surface area contributed by atoms with Crippen LogP contribution in [-0.2, 0) is 14.3 Å². The van der Waals surface area contributed by atoms with Gasteiger partial charge in [0, 0.05) is 23.7 Å². The Labute approximate surface area is 231 Å². The van der Waals surface area contributed by atoms with E-state index in [1.54, 1.807) is 28.3 Å². The van der Waals surface area contributed by atoms with Crippen LogP contribution in [0.15, 0.2) is 51.1 Å². The number of ether oxygens (including phenoxy) is 5. The van der Waals surface area contributed by atoms with Crippen molar-refractivity contribution < 1.29 is 33.3 Å². The van der Waals surface area contributed by atoms with E-state index < -0.39 is 17.8 Å². The molecule has 0 saturated heterocycles. The van der Waals surface area contributed by atoms with Crippen LogP contribution in [0.5, 0.6) is 23.0 Å². The quantitative estimate of drug-likeness (QED) is 0.371. The van der Waals surface area contributed by atoms with Crippen molar-refractivity contribution in [1.29, 1.82) is 0 Å². The SMILES string of the molecule is CCOc1cc([C@@H]2C(C(=O)OC)=C(C)N=C3C[C@@H](c4ccc(OC)c(OC)c4)CC(=O)C32)cc(Br)c1OC. The molecule has 0 radical (unpaired) electrons. The van der Waals surface area contributed by atoms with E-state index in [1.165, 1.54) is 7.11 Å². The molecule has 4 rings (SSSR count). The minimum atomic E-state index is -0.598. The molecule has 1 aliphatic carbocycles. The molecule has 1 saturated carbocycles. The number of Topliss-reactive ketones (excluding diaryl/α,β-unsaturated/α-hetero) is 1. The molecule has 8 nitrogen and oxygen atoms in total. The predicted octanol–water partition coefficient (Wildman–Crippen LogP) is 5.62. The Bertz CT molecular complexity index is 1320. The fraction of sp³-hybridized carbons (Fsp3) is 0.414. The van der Waals surface area contributed by atoms with Gasteiger partial charge in [0.15, 0.2) is 23.0 Å². The molecule has 1 unspecified atom stereocenters. The highest BCUT2D eigenvalue weighted by molar-refractivity contribution is 9.10. The molecule has 202 valence electrons. The molecular formula is C29H32BrNO7. The fourth-order valence-electron chi connectivity index (χ4n) is 5.48. The topological polar surface area (TPSA) is 92.7 Å². The largest absolute Gasteiger partial charge is 0.493 e. The number of carbonyl (C=O) groups is 2. The van der Waals surface area contributed by atoms with Crippen LogP contribution < -0.4 is 18.9 Å². The first-order chi connectivity index (χ1) is 18.3. The van der Waals surface area contributed by atoms with Gasteiger partial charge in [0.1, 0.15) is 5.78 Å². The Kier molecular flexibility index (Phi) is 8.45. The molecule has 2 aromatic rings. The van der Waals surface area contributed by atoms with E-state index in [4.69, 9.17) is 28.7 Å². The van der Waals surface area contributed by atoms with E-state index >= 15 is 0 Å². The monoisotopic (exact) mass is 585 g/mol. The molecule has 3 atom stereocenters. The number of esters is 1. The third-order valence-corrected chi connectivity index (χ3v) is 7.72. The molecule has 0 aromatic heterocycles. The molecule has 1 fully saturated rings. The van der Waals surface area contributed by atoms with E-state index in [0.29, 0.717) is 58.2 Å². The highest BCUT2D eigenvalue weighted by Crippen LogP contribution is 2.49. The number of methoxy groups -OCH3 is 4. The van der Waals surface area contributed by atoms with Crippen LogP contribution in [0.25, 0.3) is 0 Å². The number of halogens is 1. The van der Waals surface area contributed by atoms with Crippen LogP contribution in [-0.4, -0.2) is 52.5 Å². The summed E-state index contributed by atoms with van der Waals surface area (Å²) in [7, 11) is 6.08. The van der Waals surface area contributed by atoms with Crippen molar-refractivity contribution in [2.75, 3.05) is 35.0 Å². The van der Waals surface area contributed by atoms with Crippen LogP contribution in [0.3, 0.4) is 0 Å². The Hall–Kier alpha value is -3.33. The van der Waals surface area contributed by atoms with Crippen LogP contribution in [0.4, 0.5) is 0 Å². The third kappa shape index (κ3) is 5.04. The average Bonchev–Trinajstić information content (AvgIpc) is 2.91. The molecule has 1 aliphatic heterocycles. The van der Waals surface area contributed by atoms with Gasteiger partial charge in [-0.3, -0.25) is 9.79 Å². The van der Waals surface area contributed by atoms with Crippen molar-refractivity contribution in [3.8, 4) is 23.0 Å². The number of allylic oxidation sites excluding steroid dienone is 1. The van der Waals surface area contributed by atoms with E-state index in [2.05, 4.69) is 15.9 Å². The summed E-state index contributed by atoms with van der Waals surface area (Å²) < 4.78 is 28.0. The molecule has 0 amide bonds. The van der Waals surface area contributed by atoms with Crippen molar-refractivity contribution in [2.45, 2.75) is 38.5 Å². The fourth-order valence-corrected chi connectivity index (χ4v) is 6.10. The van der Waals surface area contributed by atoms with Crippen molar-refractivity contribution in [3.05, 3.63) is 57.2 Å². The van der Waals surface area contributed by atoms with Gasteiger partial charge < -0.3 is 23.7 Å². The van der Waals surface area contributed by atoms with Crippen molar-refractivity contribution in [3.63, 3.8) is 0 Å². The molecule has 2 aliphatic rings. The number of aliphatic imine (C=N–C) groups is 1. The zero-order chi connectivity index (χ0) is 27.6. The van der Waals surface area contributed by atoms with E-state index in [1.807, 2.05) is 37.3 Å². The Morgan fingerprint density at radius 3 is 2.29 bits per heavy atom. The molecule has 0 spiro atoms. The lowest BCUT2D eigenvalue weighted by molar-refractivity contribution is -0.136. The highest BCUT2D eigenvalue weighted by Gasteiger charge is 2.46. The minimum Gasteiger partial charge on any atom is -0.493 e. The number of rotatable bonds is 8. The maximum absolute atomic E-state index is 13.9. The maximum Gasteiger partial charge on any atom is 0.336 e. The van der Waals surface area contributed by atoms with Crippen LogP contribution in [0, 0.1) is 5.92 Å². The Morgan fingerprint density at radius 1 is 0.947 bits per heavy atom.